The van der Waals surface area contributed by atoms with Crippen molar-refractivity contribution in [3.05, 3.63) is 0 Å². The molecule has 0 spiro atoms. The summed E-state index contributed by atoms with van der Waals surface area (Å²) in [7, 11) is 0. The van der Waals surface area contributed by atoms with Gasteiger partial charge in [0.05, 0.1) is 0 Å². The van der Waals surface area contributed by atoms with Crippen LogP contribution in [0.3, 0.4) is 0 Å². The SMILES string of the molecule is CCCNC1CCCCC1N1CCC(C(C)(C)C)C1. The minimum Gasteiger partial charge on any atom is -0.312 e. The summed E-state index contributed by atoms with van der Waals surface area (Å²) in [5.74, 6) is 0.890. The van der Waals surface area contributed by atoms with Crippen molar-refractivity contribution in [1.82, 2.24) is 10.2 Å². The Morgan fingerprint density at radius 3 is 2.47 bits per heavy atom. The van der Waals surface area contributed by atoms with Crippen molar-refractivity contribution >= 4 is 0 Å². The molecule has 2 nitrogen and oxygen atoms in total. The first-order chi connectivity index (χ1) is 9.02. The molecule has 2 fully saturated rings. The number of likely N-dealkylation sites (tertiary alicyclic amines) is 1. The zero-order valence-corrected chi connectivity index (χ0v) is 13.5. The predicted octanol–water partition coefficient (Wildman–Crippen LogP) is 3.67. The normalized spacial score (nSPS) is 33.8. The summed E-state index contributed by atoms with van der Waals surface area (Å²) >= 11 is 0. The summed E-state index contributed by atoms with van der Waals surface area (Å²) in [4.78, 5) is 2.81. The molecule has 1 saturated carbocycles. The van der Waals surface area contributed by atoms with Gasteiger partial charge in [-0.3, -0.25) is 4.90 Å². The van der Waals surface area contributed by atoms with E-state index in [2.05, 4.69) is 37.9 Å². The summed E-state index contributed by atoms with van der Waals surface area (Å²) in [6.07, 6.45) is 8.33. The maximum Gasteiger partial charge on any atom is 0.0249 e. The second kappa shape index (κ2) is 6.58. The Bertz CT molecular complexity index is 269. The van der Waals surface area contributed by atoms with Gasteiger partial charge in [-0.25, -0.2) is 0 Å². The number of nitrogens with zero attached hydrogens (tertiary/aromatic N) is 1. The molecule has 2 rings (SSSR count). The lowest BCUT2D eigenvalue weighted by atomic mass is 9.80. The molecular formula is C17H34N2. The smallest absolute Gasteiger partial charge is 0.0249 e. The predicted molar refractivity (Wildman–Crippen MR) is 83.5 cm³/mol. The molecule has 3 atom stereocenters. The average molecular weight is 266 g/mol. The van der Waals surface area contributed by atoms with Crippen LogP contribution in [-0.2, 0) is 0 Å². The van der Waals surface area contributed by atoms with Crippen molar-refractivity contribution in [2.24, 2.45) is 11.3 Å². The van der Waals surface area contributed by atoms with Gasteiger partial charge < -0.3 is 5.32 Å². The summed E-state index contributed by atoms with van der Waals surface area (Å²) in [6.45, 7) is 13.4. The quantitative estimate of drug-likeness (QED) is 0.835. The first kappa shape index (κ1) is 15.3. The lowest BCUT2D eigenvalue weighted by Gasteiger charge is -2.39. The molecule has 0 bridgehead atoms. The van der Waals surface area contributed by atoms with Gasteiger partial charge in [0.15, 0.2) is 0 Å². The van der Waals surface area contributed by atoms with E-state index in [4.69, 9.17) is 0 Å². The minimum absolute atomic E-state index is 0.482. The molecule has 2 heteroatoms. The van der Waals surface area contributed by atoms with Crippen LogP contribution in [0.1, 0.15) is 66.2 Å². The summed E-state index contributed by atoms with van der Waals surface area (Å²) in [5.41, 5.74) is 0.482. The maximum atomic E-state index is 3.81. The van der Waals surface area contributed by atoms with Crippen LogP contribution in [0, 0.1) is 11.3 Å². The fraction of sp³-hybridized carbons (Fsp3) is 1.00. The van der Waals surface area contributed by atoms with E-state index in [1.54, 1.807) is 0 Å². The number of hydrogen-bond acceptors (Lipinski definition) is 2. The topological polar surface area (TPSA) is 15.3 Å². The van der Waals surface area contributed by atoms with Crippen LogP contribution in [0.5, 0.6) is 0 Å². The molecule has 112 valence electrons. The molecule has 0 amide bonds. The Morgan fingerprint density at radius 1 is 1.11 bits per heavy atom. The molecule has 0 radical (unpaired) electrons. The molecule has 1 aliphatic carbocycles. The van der Waals surface area contributed by atoms with Crippen molar-refractivity contribution in [3.63, 3.8) is 0 Å². The molecule has 19 heavy (non-hydrogen) atoms. The molecule has 0 aromatic heterocycles. The summed E-state index contributed by atoms with van der Waals surface area (Å²) in [6, 6.07) is 1.57. The van der Waals surface area contributed by atoms with Crippen molar-refractivity contribution in [3.8, 4) is 0 Å². The van der Waals surface area contributed by atoms with Crippen LogP contribution in [0.15, 0.2) is 0 Å². The zero-order valence-electron chi connectivity index (χ0n) is 13.5. The molecule has 1 N–H and O–H groups in total. The Balaban J connectivity index is 1.92. The Morgan fingerprint density at radius 2 is 1.84 bits per heavy atom. The van der Waals surface area contributed by atoms with Gasteiger partial charge in [0, 0.05) is 18.6 Å². The molecule has 1 saturated heterocycles. The highest BCUT2D eigenvalue weighted by Crippen LogP contribution is 2.36. The third-order valence-electron chi connectivity index (χ3n) is 5.30. The zero-order chi connectivity index (χ0) is 13.9. The minimum atomic E-state index is 0.482. The van der Waals surface area contributed by atoms with E-state index in [1.165, 1.54) is 58.2 Å². The molecular weight excluding hydrogens is 232 g/mol. The molecule has 3 unspecified atom stereocenters. The van der Waals surface area contributed by atoms with E-state index in [0.29, 0.717) is 5.41 Å². The van der Waals surface area contributed by atoms with Crippen molar-refractivity contribution in [2.75, 3.05) is 19.6 Å². The molecule has 0 aromatic rings. The van der Waals surface area contributed by atoms with Gasteiger partial charge in [0.25, 0.3) is 0 Å². The van der Waals surface area contributed by atoms with Gasteiger partial charge in [-0.15, -0.1) is 0 Å². The monoisotopic (exact) mass is 266 g/mol. The van der Waals surface area contributed by atoms with Crippen molar-refractivity contribution < 1.29 is 0 Å². The van der Waals surface area contributed by atoms with Crippen LogP contribution in [0.2, 0.25) is 0 Å². The first-order valence-corrected chi connectivity index (χ1v) is 8.49. The van der Waals surface area contributed by atoms with E-state index in [-0.39, 0.29) is 0 Å². The summed E-state index contributed by atoms with van der Waals surface area (Å²) < 4.78 is 0. The maximum absolute atomic E-state index is 3.81. The van der Waals surface area contributed by atoms with Crippen LogP contribution in [0.25, 0.3) is 0 Å². The first-order valence-electron chi connectivity index (χ1n) is 8.49. The summed E-state index contributed by atoms with van der Waals surface area (Å²) in [5, 5.41) is 3.81. The Hall–Kier alpha value is -0.0800. The van der Waals surface area contributed by atoms with Crippen molar-refractivity contribution in [2.45, 2.75) is 78.3 Å². The van der Waals surface area contributed by atoms with Gasteiger partial charge in [-0.1, -0.05) is 40.5 Å². The van der Waals surface area contributed by atoms with Gasteiger partial charge >= 0.3 is 0 Å². The lowest BCUT2D eigenvalue weighted by Crippen LogP contribution is -2.51. The third-order valence-corrected chi connectivity index (χ3v) is 5.30. The number of hydrogen-bond donors (Lipinski definition) is 1. The Kier molecular flexibility index (Phi) is 5.30. The molecule has 0 aromatic carbocycles. The van der Waals surface area contributed by atoms with Gasteiger partial charge in [0.2, 0.25) is 0 Å². The largest absolute Gasteiger partial charge is 0.312 e. The van der Waals surface area contributed by atoms with Crippen molar-refractivity contribution in [1.29, 1.82) is 0 Å². The molecule has 1 heterocycles. The molecule has 1 aliphatic heterocycles. The van der Waals surface area contributed by atoms with Crippen LogP contribution >= 0.6 is 0 Å². The van der Waals surface area contributed by atoms with Crippen LogP contribution in [-0.4, -0.2) is 36.6 Å². The fourth-order valence-electron chi connectivity index (χ4n) is 3.91. The van der Waals surface area contributed by atoms with Crippen LogP contribution in [0.4, 0.5) is 0 Å². The van der Waals surface area contributed by atoms with E-state index in [1.807, 2.05) is 0 Å². The highest BCUT2D eigenvalue weighted by molar-refractivity contribution is 4.93. The number of rotatable bonds is 4. The van der Waals surface area contributed by atoms with E-state index < -0.39 is 0 Å². The third kappa shape index (κ3) is 3.95. The van der Waals surface area contributed by atoms with E-state index >= 15 is 0 Å². The Labute approximate surface area is 120 Å². The average Bonchev–Trinajstić information content (AvgIpc) is 2.86. The number of nitrogens with one attached hydrogen (secondary N) is 1. The molecule has 2 aliphatic rings. The van der Waals surface area contributed by atoms with E-state index in [0.717, 1.165) is 18.0 Å². The lowest BCUT2D eigenvalue weighted by molar-refractivity contribution is 0.131. The fourth-order valence-corrected chi connectivity index (χ4v) is 3.91. The van der Waals surface area contributed by atoms with Gasteiger partial charge in [0.1, 0.15) is 0 Å². The highest BCUT2D eigenvalue weighted by atomic mass is 15.2. The van der Waals surface area contributed by atoms with Crippen LogP contribution < -0.4 is 5.32 Å². The van der Waals surface area contributed by atoms with Gasteiger partial charge in [-0.05, 0) is 50.1 Å². The highest BCUT2D eigenvalue weighted by Gasteiger charge is 2.37. The second-order valence-corrected chi connectivity index (χ2v) is 7.76. The standard InChI is InChI=1S/C17H34N2/c1-5-11-18-15-8-6-7-9-16(15)19-12-10-14(13-19)17(2,3)4/h14-16,18H,5-13H2,1-4H3. The second-order valence-electron chi connectivity index (χ2n) is 7.76. The van der Waals surface area contributed by atoms with E-state index in [9.17, 15) is 0 Å². The van der Waals surface area contributed by atoms with Gasteiger partial charge in [-0.2, -0.15) is 0 Å².